The van der Waals surface area contributed by atoms with Crippen LogP contribution in [0.25, 0.3) is 0 Å². The van der Waals surface area contributed by atoms with Crippen LogP contribution in [-0.4, -0.2) is 24.1 Å². The van der Waals surface area contributed by atoms with Crippen LogP contribution in [0, 0.1) is 0 Å². The Balaban J connectivity index is 3.24. The molecule has 0 saturated heterocycles. The molecule has 0 aliphatic carbocycles. The smallest absolute Gasteiger partial charge is 0.194 e. The molecule has 1 atom stereocenters. The van der Waals surface area contributed by atoms with Crippen molar-refractivity contribution < 1.29 is 13.2 Å². The number of benzene rings is 1. The molecule has 3 nitrogen and oxygen atoms in total. The maximum absolute atomic E-state index is 12.2. The lowest BCUT2D eigenvalue weighted by Crippen LogP contribution is -2.39. The van der Waals surface area contributed by atoms with Gasteiger partial charge in [0.2, 0.25) is 0 Å². The molecule has 0 aliphatic rings. The molecule has 1 rings (SSSR count). The Morgan fingerprint density at radius 3 is 2.12 bits per heavy atom. The van der Waals surface area contributed by atoms with Gasteiger partial charge in [-0.25, -0.2) is 8.42 Å². The van der Waals surface area contributed by atoms with Gasteiger partial charge in [0.25, 0.3) is 0 Å². The zero-order chi connectivity index (χ0) is 13.3. The van der Waals surface area contributed by atoms with E-state index in [0.717, 1.165) is 10.7 Å². The number of alkyl halides is 1. The fourth-order valence-corrected chi connectivity index (χ4v) is 2.88. The zero-order valence-electron chi connectivity index (χ0n) is 9.41. The van der Waals surface area contributed by atoms with Crippen molar-refractivity contribution in [1.29, 1.82) is 0 Å². The summed E-state index contributed by atoms with van der Waals surface area (Å²) in [5.74, 6) is -0.435. The van der Waals surface area contributed by atoms with Gasteiger partial charge in [0.15, 0.2) is 19.3 Å². The highest BCUT2D eigenvalue weighted by Crippen LogP contribution is 2.33. The molecule has 17 heavy (non-hydrogen) atoms. The molecule has 94 valence electrons. The van der Waals surface area contributed by atoms with Crippen LogP contribution >= 0.6 is 31.9 Å². The van der Waals surface area contributed by atoms with E-state index in [9.17, 15) is 13.2 Å². The van der Waals surface area contributed by atoms with Crippen molar-refractivity contribution in [3.8, 4) is 0 Å². The number of sulfone groups is 1. The fourth-order valence-electron chi connectivity index (χ4n) is 1.41. The Morgan fingerprint density at radius 1 is 1.29 bits per heavy atom. The summed E-state index contributed by atoms with van der Waals surface area (Å²) in [5.41, 5.74) is 0.373. The van der Waals surface area contributed by atoms with E-state index in [0.29, 0.717) is 5.56 Å². The van der Waals surface area contributed by atoms with Crippen LogP contribution in [0.3, 0.4) is 0 Å². The summed E-state index contributed by atoms with van der Waals surface area (Å²) in [7, 11) is -3.52. The number of halogens is 2. The van der Waals surface area contributed by atoms with Crippen LogP contribution in [0.5, 0.6) is 0 Å². The van der Waals surface area contributed by atoms with Gasteiger partial charge in [-0.15, -0.1) is 0 Å². The molecule has 0 saturated carbocycles. The Kier molecular flexibility index (Phi) is 4.54. The number of carbonyl (C=O) groups is 1. The van der Waals surface area contributed by atoms with E-state index in [2.05, 4.69) is 31.9 Å². The lowest BCUT2D eigenvalue weighted by Gasteiger charge is -2.22. The van der Waals surface area contributed by atoms with Crippen molar-refractivity contribution in [3.05, 3.63) is 34.3 Å². The summed E-state index contributed by atoms with van der Waals surface area (Å²) < 4.78 is 22.7. The molecule has 0 bridgehead atoms. The van der Waals surface area contributed by atoms with Gasteiger partial charge < -0.3 is 0 Å². The zero-order valence-corrected chi connectivity index (χ0v) is 13.4. The van der Waals surface area contributed by atoms with Crippen LogP contribution in [0.2, 0.25) is 0 Å². The van der Waals surface area contributed by atoms with E-state index >= 15 is 0 Å². The quantitative estimate of drug-likeness (QED) is 0.592. The minimum absolute atomic E-state index is 0.181. The molecule has 6 heteroatoms. The second-order valence-corrected chi connectivity index (χ2v) is 8.73. The number of hydrogen-bond acceptors (Lipinski definition) is 3. The van der Waals surface area contributed by atoms with Crippen LogP contribution < -0.4 is 0 Å². The summed E-state index contributed by atoms with van der Waals surface area (Å²) in [5, 5.41) is 0. The Bertz CT molecular complexity index is 522. The monoisotopic (exact) mass is 382 g/mol. The van der Waals surface area contributed by atoms with Crippen LogP contribution in [0.15, 0.2) is 28.7 Å². The molecule has 1 unspecified atom stereocenters. The minimum Gasteiger partial charge on any atom is -0.291 e. The van der Waals surface area contributed by atoms with Crippen molar-refractivity contribution in [2.75, 3.05) is 6.26 Å². The fraction of sp³-hybridized carbons (Fsp3) is 0.364. The largest absolute Gasteiger partial charge is 0.291 e. The van der Waals surface area contributed by atoms with E-state index in [4.69, 9.17) is 0 Å². The lowest BCUT2D eigenvalue weighted by molar-refractivity contribution is 0.0976. The highest BCUT2D eigenvalue weighted by atomic mass is 79.9. The number of carbonyl (C=O) groups excluding carboxylic acids is 1. The molecule has 0 spiro atoms. The number of Topliss-reactive ketones (excluding diaryl/α,β-unsaturated/α-hetero) is 1. The van der Waals surface area contributed by atoms with Crippen molar-refractivity contribution in [1.82, 2.24) is 0 Å². The van der Waals surface area contributed by atoms with Crippen LogP contribution in [-0.2, 0) is 9.84 Å². The minimum atomic E-state index is -3.52. The van der Waals surface area contributed by atoms with Gasteiger partial charge in [-0.2, -0.15) is 0 Å². The third-order valence-corrected chi connectivity index (χ3v) is 7.35. The van der Waals surface area contributed by atoms with Gasteiger partial charge in [-0.3, -0.25) is 4.79 Å². The Hall–Kier alpha value is -0.200. The molecular weight excluding hydrogens is 372 g/mol. The van der Waals surface area contributed by atoms with E-state index in [-0.39, 0.29) is 6.42 Å². The normalized spacial score (nSPS) is 15.3. The third kappa shape index (κ3) is 2.98. The summed E-state index contributed by atoms with van der Waals surface area (Å²) in [6, 6.07) is 6.61. The van der Waals surface area contributed by atoms with Crippen molar-refractivity contribution in [2.45, 2.75) is 17.0 Å². The van der Waals surface area contributed by atoms with Crippen molar-refractivity contribution in [2.24, 2.45) is 0 Å². The molecule has 0 aliphatic heterocycles. The molecule has 0 amide bonds. The standard InChI is InChI=1S/C11H12Br2O3S/c1-3-11(13,17(2,15)16)10(14)8-4-6-9(12)7-5-8/h4-7H,3H2,1-2H3. The highest BCUT2D eigenvalue weighted by molar-refractivity contribution is 9.12. The van der Waals surface area contributed by atoms with Crippen LogP contribution in [0.1, 0.15) is 23.7 Å². The predicted octanol–water partition coefficient (Wildman–Crippen LogP) is 3.18. The topological polar surface area (TPSA) is 51.2 Å². The van der Waals surface area contributed by atoms with Gasteiger partial charge in [0.1, 0.15) is 0 Å². The SMILES string of the molecule is CCC(Br)(C(=O)c1ccc(Br)cc1)S(C)(=O)=O. The maximum atomic E-state index is 12.2. The number of rotatable bonds is 4. The van der Waals surface area contributed by atoms with E-state index in [1.54, 1.807) is 31.2 Å². The summed E-state index contributed by atoms with van der Waals surface area (Å²) in [4.78, 5) is 12.2. The first-order chi connectivity index (χ1) is 7.72. The van der Waals surface area contributed by atoms with Gasteiger partial charge in [0, 0.05) is 16.3 Å². The van der Waals surface area contributed by atoms with E-state index in [1.807, 2.05) is 0 Å². The average molecular weight is 384 g/mol. The summed E-state index contributed by atoms with van der Waals surface area (Å²) >= 11 is 6.34. The lowest BCUT2D eigenvalue weighted by atomic mass is 10.1. The van der Waals surface area contributed by atoms with Crippen LogP contribution in [0.4, 0.5) is 0 Å². The molecule has 0 N–H and O–H groups in total. The second-order valence-electron chi connectivity index (χ2n) is 3.69. The van der Waals surface area contributed by atoms with Gasteiger partial charge in [0.05, 0.1) is 0 Å². The number of ketones is 1. The molecule has 1 aromatic carbocycles. The van der Waals surface area contributed by atoms with Crippen molar-refractivity contribution in [3.63, 3.8) is 0 Å². The first-order valence-corrected chi connectivity index (χ1v) is 8.39. The maximum Gasteiger partial charge on any atom is 0.194 e. The molecule has 1 aromatic rings. The van der Waals surface area contributed by atoms with Gasteiger partial charge in [-0.05, 0) is 18.6 Å². The first kappa shape index (κ1) is 14.9. The molecule has 0 fully saturated rings. The predicted molar refractivity (Wildman–Crippen MR) is 75.3 cm³/mol. The number of hydrogen-bond donors (Lipinski definition) is 0. The first-order valence-electron chi connectivity index (χ1n) is 4.91. The molecule has 0 heterocycles. The van der Waals surface area contributed by atoms with E-state index in [1.165, 1.54) is 0 Å². The molecule has 0 aromatic heterocycles. The Labute approximate surface area is 118 Å². The Morgan fingerprint density at radius 2 is 1.76 bits per heavy atom. The van der Waals surface area contributed by atoms with E-state index < -0.39 is 19.3 Å². The highest BCUT2D eigenvalue weighted by Gasteiger charge is 2.44. The van der Waals surface area contributed by atoms with Gasteiger partial charge >= 0.3 is 0 Å². The molecular formula is C11H12Br2O3S. The van der Waals surface area contributed by atoms with Gasteiger partial charge in [-0.1, -0.05) is 50.9 Å². The van der Waals surface area contributed by atoms with Crippen molar-refractivity contribution >= 4 is 47.5 Å². The second kappa shape index (κ2) is 5.20. The summed E-state index contributed by atoms with van der Waals surface area (Å²) in [6.07, 6.45) is 1.24. The molecule has 0 radical (unpaired) electrons. The third-order valence-electron chi connectivity index (χ3n) is 2.49. The average Bonchev–Trinajstić information content (AvgIpc) is 2.26. The summed E-state index contributed by atoms with van der Waals surface area (Å²) in [6.45, 7) is 1.66.